The van der Waals surface area contributed by atoms with Gasteiger partial charge in [0.25, 0.3) is 0 Å². The lowest BCUT2D eigenvalue weighted by Gasteiger charge is -2.38. The Balaban J connectivity index is 1.41. The summed E-state index contributed by atoms with van der Waals surface area (Å²) in [5.74, 6) is -1.41. The first-order valence-corrected chi connectivity index (χ1v) is 14.7. The summed E-state index contributed by atoms with van der Waals surface area (Å²) in [5.41, 5.74) is -0.624. The normalized spacial score (nSPS) is 35.0. The van der Waals surface area contributed by atoms with Crippen LogP contribution < -0.4 is 10.6 Å². The molecule has 4 aliphatic rings. The molecule has 0 aromatic heterocycles. The van der Waals surface area contributed by atoms with Gasteiger partial charge in [-0.25, -0.2) is 0 Å². The molecule has 1 saturated carbocycles. The van der Waals surface area contributed by atoms with Crippen LogP contribution in [0.15, 0.2) is 36.4 Å². The highest BCUT2D eigenvalue weighted by Gasteiger charge is 2.72. The van der Waals surface area contributed by atoms with E-state index in [-0.39, 0.29) is 29.9 Å². The van der Waals surface area contributed by atoms with Crippen molar-refractivity contribution in [2.75, 3.05) is 18.5 Å². The number of anilines is 1. The molecule has 39 heavy (non-hydrogen) atoms. The number of rotatable bonds is 9. The first-order chi connectivity index (χ1) is 18.6. The largest absolute Gasteiger partial charge is 0.379 e. The molecule has 9 heteroatoms. The minimum Gasteiger partial charge on any atom is -0.379 e. The zero-order valence-corrected chi connectivity index (χ0v) is 23.9. The molecule has 6 unspecified atom stereocenters. The Kier molecular flexibility index (Phi) is 8.09. The number of fused-ring (bicyclic) bond motifs is 1. The summed E-state index contributed by atoms with van der Waals surface area (Å²) in [5, 5.41) is 6.70. The predicted molar refractivity (Wildman–Crippen MR) is 149 cm³/mol. The van der Waals surface area contributed by atoms with Crippen molar-refractivity contribution in [1.29, 1.82) is 0 Å². The third-order valence-electron chi connectivity index (χ3n) is 9.05. The van der Waals surface area contributed by atoms with E-state index in [1.54, 1.807) is 29.2 Å². The van der Waals surface area contributed by atoms with Gasteiger partial charge in [0.05, 0.1) is 24.0 Å². The van der Waals surface area contributed by atoms with E-state index in [1.165, 1.54) is 0 Å². The van der Waals surface area contributed by atoms with Crippen molar-refractivity contribution in [3.05, 3.63) is 41.4 Å². The first-order valence-electron chi connectivity index (χ1n) is 14.3. The number of benzene rings is 1. The molecule has 1 spiro atoms. The number of ether oxygens (including phenoxy) is 2. The molecule has 2 saturated heterocycles. The number of amides is 3. The van der Waals surface area contributed by atoms with Gasteiger partial charge in [0.2, 0.25) is 17.7 Å². The summed E-state index contributed by atoms with van der Waals surface area (Å²) >= 11 is 6.11. The lowest BCUT2D eigenvalue weighted by atomic mass is 9.73. The summed E-state index contributed by atoms with van der Waals surface area (Å²) < 4.78 is 12.2. The topological polar surface area (TPSA) is 97.0 Å². The average molecular weight is 558 g/mol. The number of carbonyl (C=O) groups is 3. The van der Waals surface area contributed by atoms with Crippen LogP contribution in [-0.2, 0) is 23.9 Å². The fourth-order valence-electron chi connectivity index (χ4n) is 6.90. The van der Waals surface area contributed by atoms with Crippen LogP contribution in [0.1, 0.15) is 53.4 Å². The number of nitrogens with one attached hydrogen (secondary N) is 2. The standard InChI is InChI=1S/C30H40ClN3O5/c1-17(2)38-15-7-14-34-26(28(36)33-22-11-5-8-18(3)19(22)4)30-13-12-23(39-30)24(25(30)29(34)37)27(35)32-21-10-6-9-20(31)16-21/h6,9-10,12-13,16-19,22-26H,5,7-8,11,14-15H2,1-4H3,(H,32,35)(H,33,36)/t18?,19?,22?,23-,24?,25-,26?,30?/m0/s1. The van der Waals surface area contributed by atoms with Crippen LogP contribution in [0, 0.1) is 23.7 Å². The minimum absolute atomic E-state index is 0.0439. The molecule has 3 fully saturated rings. The summed E-state index contributed by atoms with van der Waals surface area (Å²) in [4.78, 5) is 43.2. The van der Waals surface area contributed by atoms with Crippen molar-refractivity contribution in [1.82, 2.24) is 10.2 Å². The molecule has 212 valence electrons. The van der Waals surface area contributed by atoms with Crippen molar-refractivity contribution >= 4 is 35.0 Å². The SMILES string of the molecule is CC(C)OCCCN1C(=O)[C@@H]2C(C(=O)Nc3cccc(Cl)c3)[C@@H]3C=CC2(O3)C1C(=O)NC1CCCC(C)C1C. The van der Waals surface area contributed by atoms with E-state index < -0.39 is 29.6 Å². The van der Waals surface area contributed by atoms with Crippen LogP contribution in [0.25, 0.3) is 0 Å². The van der Waals surface area contributed by atoms with Crippen molar-refractivity contribution in [2.45, 2.75) is 83.3 Å². The lowest BCUT2D eigenvalue weighted by molar-refractivity contribution is -0.142. The molecular formula is C30H40ClN3O5. The van der Waals surface area contributed by atoms with Gasteiger partial charge < -0.3 is 25.0 Å². The van der Waals surface area contributed by atoms with Gasteiger partial charge in [-0.1, -0.05) is 56.5 Å². The van der Waals surface area contributed by atoms with Crippen molar-refractivity contribution in [3.8, 4) is 0 Å². The van der Waals surface area contributed by atoms with Crippen LogP contribution >= 0.6 is 11.6 Å². The van der Waals surface area contributed by atoms with E-state index in [0.29, 0.717) is 42.1 Å². The number of hydrogen-bond donors (Lipinski definition) is 2. The van der Waals surface area contributed by atoms with Crippen molar-refractivity contribution < 1.29 is 23.9 Å². The number of halogens is 1. The van der Waals surface area contributed by atoms with Crippen LogP contribution in [0.3, 0.4) is 0 Å². The van der Waals surface area contributed by atoms with E-state index in [2.05, 4.69) is 24.5 Å². The number of likely N-dealkylation sites (tertiary alicyclic amines) is 1. The second-order valence-electron chi connectivity index (χ2n) is 11.9. The average Bonchev–Trinajstić information content (AvgIpc) is 3.52. The maximum Gasteiger partial charge on any atom is 0.246 e. The van der Waals surface area contributed by atoms with Gasteiger partial charge in [-0.05, 0) is 56.7 Å². The Labute approximate surface area is 235 Å². The Morgan fingerprint density at radius 2 is 2.03 bits per heavy atom. The van der Waals surface area contributed by atoms with Crippen molar-refractivity contribution in [3.63, 3.8) is 0 Å². The van der Waals surface area contributed by atoms with Crippen LogP contribution in [0.2, 0.25) is 5.02 Å². The zero-order valence-electron chi connectivity index (χ0n) is 23.2. The van der Waals surface area contributed by atoms with Gasteiger partial charge >= 0.3 is 0 Å². The molecule has 2 N–H and O–H groups in total. The molecule has 0 radical (unpaired) electrons. The molecule has 2 bridgehead atoms. The van der Waals surface area contributed by atoms with Crippen molar-refractivity contribution in [2.24, 2.45) is 23.7 Å². The quantitative estimate of drug-likeness (QED) is 0.351. The molecule has 3 aliphatic heterocycles. The molecule has 3 heterocycles. The van der Waals surface area contributed by atoms with E-state index >= 15 is 0 Å². The highest BCUT2D eigenvalue weighted by molar-refractivity contribution is 6.30. The van der Waals surface area contributed by atoms with Gasteiger partial charge in [-0.3, -0.25) is 14.4 Å². The number of nitrogens with zero attached hydrogens (tertiary/aromatic N) is 1. The predicted octanol–water partition coefficient (Wildman–Crippen LogP) is 4.19. The van der Waals surface area contributed by atoms with Crippen LogP contribution in [0.4, 0.5) is 5.69 Å². The van der Waals surface area contributed by atoms with Gasteiger partial charge in [0, 0.05) is 29.9 Å². The van der Waals surface area contributed by atoms with Crippen LogP contribution in [-0.4, -0.2) is 65.7 Å². The van der Waals surface area contributed by atoms with E-state index in [9.17, 15) is 14.4 Å². The molecule has 8 nitrogen and oxygen atoms in total. The smallest absolute Gasteiger partial charge is 0.246 e. The van der Waals surface area contributed by atoms with E-state index in [4.69, 9.17) is 21.1 Å². The third-order valence-corrected chi connectivity index (χ3v) is 9.28. The van der Waals surface area contributed by atoms with Gasteiger partial charge in [0.15, 0.2) is 0 Å². The summed E-state index contributed by atoms with van der Waals surface area (Å²) in [6, 6.07) is 6.11. The monoisotopic (exact) mass is 557 g/mol. The molecule has 1 aromatic carbocycles. The molecule has 3 amide bonds. The Hall–Kier alpha value is -2.42. The maximum atomic E-state index is 14.0. The minimum atomic E-state index is -1.18. The zero-order chi connectivity index (χ0) is 27.9. The molecule has 1 aromatic rings. The fraction of sp³-hybridized carbons (Fsp3) is 0.633. The Morgan fingerprint density at radius 3 is 2.77 bits per heavy atom. The van der Waals surface area contributed by atoms with E-state index in [0.717, 1.165) is 19.3 Å². The number of hydrogen-bond acceptors (Lipinski definition) is 5. The highest BCUT2D eigenvalue weighted by atomic mass is 35.5. The summed E-state index contributed by atoms with van der Waals surface area (Å²) in [6.45, 7) is 9.17. The Bertz CT molecular complexity index is 1140. The second-order valence-corrected chi connectivity index (χ2v) is 12.3. The van der Waals surface area contributed by atoms with Gasteiger partial charge in [0.1, 0.15) is 11.6 Å². The highest BCUT2D eigenvalue weighted by Crippen LogP contribution is 2.55. The maximum absolute atomic E-state index is 14.0. The molecule has 8 atom stereocenters. The van der Waals surface area contributed by atoms with Crippen LogP contribution in [0.5, 0.6) is 0 Å². The lowest BCUT2D eigenvalue weighted by Crippen LogP contribution is -2.58. The summed E-state index contributed by atoms with van der Waals surface area (Å²) in [6.07, 6.45) is 6.91. The molecule has 5 rings (SSSR count). The number of carbonyl (C=O) groups excluding carboxylic acids is 3. The third kappa shape index (κ3) is 5.23. The fourth-order valence-corrected chi connectivity index (χ4v) is 7.09. The Morgan fingerprint density at radius 1 is 1.23 bits per heavy atom. The first kappa shape index (κ1) is 28.1. The van der Waals surface area contributed by atoms with Gasteiger partial charge in [-0.15, -0.1) is 0 Å². The van der Waals surface area contributed by atoms with Gasteiger partial charge in [-0.2, -0.15) is 0 Å². The van der Waals surface area contributed by atoms with E-state index in [1.807, 2.05) is 26.0 Å². The molecular weight excluding hydrogens is 518 g/mol. The summed E-state index contributed by atoms with van der Waals surface area (Å²) in [7, 11) is 0. The molecule has 1 aliphatic carbocycles. The second kappa shape index (κ2) is 11.2.